The minimum absolute atomic E-state index is 0.102. The summed E-state index contributed by atoms with van der Waals surface area (Å²) < 4.78 is 13.8. The number of benzene rings is 1. The van der Waals surface area contributed by atoms with Crippen molar-refractivity contribution in [3.05, 3.63) is 29.6 Å². The van der Waals surface area contributed by atoms with Crippen LogP contribution in [0.3, 0.4) is 0 Å². The number of anilines is 1. The third kappa shape index (κ3) is 3.49. The van der Waals surface area contributed by atoms with E-state index >= 15 is 0 Å². The number of amides is 1. The van der Waals surface area contributed by atoms with Gasteiger partial charge in [0.05, 0.1) is 5.69 Å². The Balaban J connectivity index is 1.36. The highest BCUT2D eigenvalue weighted by atomic mass is 19.1. The number of nitrogens with zero attached hydrogens (tertiary/aromatic N) is 3. The van der Waals surface area contributed by atoms with Crippen LogP contribution in [0.4, 0.5) is 10.1 Å². The Morgan fingerprint density at radius 3 is 2.36 bits per heavy atom. The van der Waals surface area contributed by atoms with Crippen LogP contribution < -0.4 is 4.90 Å². The van der Waals surface area contributed by atoms with Crippen LogP contribution in [0.2, 0.25) is 0 Å². The number of hydrogen-bond acceptors (Lipinski definition) is 3. The van der Waals surface area contributed by atoms with Crippen molar-refractivity contribution in [2.24, 2.45) is 17.8 Å². The third-order valence-corrected chi connectivity index (χ3v) is 5.94. The number of halogens is 1. The summed E-state index contributed by atoms with van der Waals surface area (Å²) in [4.78, 5) is 16.7. The number of rotatable bonds is 5. The number of piperazine rings is 1. The van der Waals surface area contributed by atoms with Crippen LogP contribution in [0.5, 0.6) is 0 Å². The van der Waals surface area contributed by atoms with Gasteiger partial charge in [-0.1, -0.05) is 6.07 Å². The SMILES string of the molecule is N#Cc1c(F)cccc1N1CCN(C(=O)CC(C2CC2)C2CC2)CC1. The highest BCUT2D eigenvalue weighted by Gasteiger charge is 2.42. The molecule has 4 rings (SSSR count). The predicted octanol–water partition coefficient (Wildman–Crippen LogP) is 3.17. The molecule has 25 heavy (non-hydrogen) atoms. The quantitative estimate of drug-likeness (QED) is 0.826. The van der Waals surface area contributed by atoms with Gasteiger partial charge in [-0.25, -0.2) is 4.39 Å². The molecule has 0 radical (unpaired) electrons. The molecule has 1 saturated heterocycles. The van der Waals surface area contributed by atoms with Gasteiger partial charge in [-0.2, -0.15) is 5.26 Å². The number of carbonyl (C=O) groups excluding carboxylic acids is 1. The van der Waals surface area contributed by atoms with E-state index in [2.05, 4.69) is 0 Å². The molecule has 132 valence electrons. The van der Waals surface area contributed by atoms with Gasteiger partial charge in [-0.05, 0) is 55.6 Å². The summed E-state index contributed by atoms with van der Waals surface area (Å²) in [6, 6.07) is 6.70. The third-order valence-electron chi connectivity index (χ3n) is 5.94. The number of carbonyl (C=O) groups is 1. The van der Waals surface area contributed by atoms with Crippen LogP contribution in [0, 0.1) is 34.9 Å². The first-order chi connectivity index (χ1) is 12.2. The summed E-state index contributed by atoms with van der Waals surface area (Å²) in [7, 11) is 0. The summed E-state index contributed by atoms with van der Waals surface area (Å²) in [6.07, 6.45) is 5.92. The lowest BCUT2D eigenvalue weighted by Crippen LogP contribution is -2.49. The van der Waals surface area contributed by atoms with Crippen LogP contribution >= 0.6 is 0 Å². The maximum absolute atomic E-state index is 13.8. The highest BCUT2D eigenvalue weighted by Crippen LogP contribution is 2.50. The van der Waals surface area contributed by atoms with Crippen molar-refractivity contribution in [2.45, 2.75) is 32.1 Å². The fraction of sp³-hybridized carbons (Fsp3) is 0.600. The first kappa shape index (κ1) is 16.4. The Bertz CT molecular complexity index is 685. The molecule has 1 aliphatic heterocycles. The zero-order valence-corrected chi connectivity index (χ0v) is 14.5. The van der Waals surface area contributed by atoms with Crippen LogP contribution in [0.15, 0.2) is 18.2 Å². The molecule has 0 unspecified atom stereocenters. The molecule has 0 bridgehead atoms. The Hall–Kier alpha value is -2.09. The maximum Gasteiger partial charge on any atom is 0.222 e. The van der Waals surface area contributed by atoms with Crippen molar-refractivity contribution < 1.29 is 9.18 Å². The van der Waals surface area contributed by atoms with Crippen LogP contribution in [-0.2, 0) is 4.79 Å². The minimum atomic E-state index is -0.477. The van der Waals surface area contributed by atoms with E-state index < -0.39 is 5.82 Å². The summed E-state index contributed by atoms with van der Waals surface area (Å²) in [5, 5.41) is 9.20. The average molecular weight is 341 g/mol. The zero-order chi connectivity index (χ0) is 17.4. The number of hydrogen-bond donors (Lipinski definition) is 0. The van der Waals surface area contributed by atoms with Gasteiger partial charge in [0.1, 0.15) is 17.4 Å². The molecule has 1 aromatic rings. The average Bonchev–Trinajstić information content (AvgIpc) is 3.53. The predicted molar refractivity (Wildman–Crippen MR) is 93.5 cm³/mol. The van der Waals surface area contributed by atoms with E-state index in [1.165, 1.54) is 31.7 Å². The second kappa shape index (κ2) is 6.67. The molecular formula is C20H24FN3O. The van der Waals surface area contributed by atoms with Gasteiger partial charge in [0, 0.05) is 32.6 Å². The molecule has 4 nitrogen and oxygen atoms in total. The molecule has 2 saturated carbocycles. The van der Waals surface area contributed by atoms with E-state index in [0.717, 1.165) is 11.8 Å². The lowest BCUT2D eigenvalue weighted by molar-refractivity contribution is -0.132. The highest BCUT2D eigenvalue weighted by molar-refractivity contribution is 5.77. The Kier molecular flexibility index (Phi) is 4.37. The largest absolute Gasteiger partial charge is 0.367 e. The van der Waals surface area contributed by atoms with Gasteiger partial charge >= 0.3 is 0 Å². The molecule has 2 aliphatic carbocycles. The van der Waals surface area contributed by atoms with E-state index in [1.54, 1.807) is 12.1 Å². The molecule has 0 N–H and O–H groups in total. The zero-order valence-electron chi connectivity index (χ0n) is 14.5. The van der Waals surface area contributed by atoms with Crippen LogP contribution in [0.1, 0.15) is 37.7 Å². The number of nitriles is 1. The molecule has 3 fully saturated rings. The normalized spacial score (nSPS) is 20.7. The topological polar surface area (TPSA) is 47.3 Å². The molecule has 1 heterocycles. The van der Waals surface area contributed by atoms with Crippen molar-refractivity contribution in [3.8, 4) is 6.07 Å². The molecule has 5 heteroatoms. The van der Waals surface area contributed by atoms with E-state index in [4.69, 9.17) is 0 Å². The fourth-order valence-electron chi connectivity index (χ4n) is 4.18. The summed E-state index contributed by atoms with van der Waals surface area (Å²) in [6.45, 7) is 2.62. The van der Waals surface area contributed by atoms with E-state index in [0.29, 0.717) is 44.2 Å². The van der Waals surface area contributed by atoms with Gasteiger partial charge in [-0.15, -0.1) is 0 Å². The standard InChI is InChI=1S/C20H24FN3O/c21-18-2-1-3-19(17(18)13-22)23-8-10-24(11-9-23)20(25)12-16(14-4-5-14)15-6-7-15/h1-3,14-16H,4-12H2. The molecule has 0 atom stereocenters. The van der Waals surface area contributed by atoms with E-state index in [-0.39, 0.29) is 11.5 Å². The van der Waals surface area contributed by atoms with Crippen LogP contribution in [-0.4, -0.2) is 37.0 Å². The van der Waals surface area contributed by atoms with Gasteiger partial charge in [0.15, 0.2) is 0 Å². The van der Waals surface area contributed by atoms with E-state index in [1.807, 2.05) is 15.9 Å². The molecular weight excluding hydrogens is 317 g/mol. The molecule has 1 amide bonds. The van der Waals surface area contributed by atoms with Crippen molar-refractivity contribution in [3.63, 3.8) is 0 Å². The van der Waals surface area contributed by atoms with Crippen molar-refractivity contribution in [1.29, 1.82) is 5.26 Å². The Morgan fingerprint density at radius 2 is 1.80 bits per heavy atom. The molecule has 0 aromatic heterocycles. The van der Waals surface area contributed by atoms with Crippen molar-refractivity contribution in [2.75, 3.05) is 31.1 Å². The molecule has 1 aromatic carbocycles. The van der Waals surface area contributed by atoms with Gasteiger partial charge in [0.25, 0.3) is 0 Å². The summed E-state index contributed by atoms with van der Waals surface area (Å²) in [5.41, 5.74) is 0.744. The van der Waals surface area contributed by atoms with E-state index in [9.17, 15) is 14.4 Å². The summed E-state index contributed by atoms with van der Waals surface area (Å²) >= 11 is 0. The van der Waals surface area contributed by atoms with Crippen LogP contribution in [0.25, 0.3) is 0 Å². The molecule has 0 spiro atoms. The Labute approximate surface area is 148 Å². The monoisotopic (exact) mass is 341 g/mol. The lowest BCUT2D eigenvalue weighted by Gasteiger charge is -2.37. The van der Waals surface area contributed by atoms with Gasteiger partial charge in [-0.3, -0.25) is 4.79 Å². The first-order valence-corrected chi connectivity index (χ1v) is 9.38. The maximum atomic E-state index is 13.8. The van der Waals surface area contributed by atoms with Gasteiger partial charge < -0.3 is 9.80 Å². The second-order valence-corrected chi connectivity index (χ2v) is 7.66. The molecule has 3 aliphatic rings. The minimum Gasteiger partial charge on any atom is -0.367 e. The lowest BCUT2D eigenvalue weighted by atomic mass is 9.93. The smallest absolute Gasteiger partial charge is 0.222 e. The second-order valence-electron chi connectivity index (χ2n) is 7.66. The van der Waals surface area contributed by atoms with Gasteiger partial charge in [0.2, 0.25) is 5.91 Å². The first-order valence-electron chi connectivity index (χ1n) is 9.38. The summed E-state index contributed by atoms with van der Waals surface area (Å²) in [5.74, 6) is 2.00. The van der Waals surface area contributed by atoms with Crippen molar-refractivity contribution >= 4 is 11.6 Å². The van der Waals surface area contributed by atoms with Crippen molar-refractivity contribution in [1.82, 2.24) is 4.90 Å². The fourth-order valence-corrected chi connectivity index (χ4v) is 4.18. The Morgan fingerprint density at radius 1 is 1.16 bits per heavy atom.